The van der Waals surface area contributed by atoms with Crippen LogP contribution < -0.4 is 4.74 Å². The molecule has 0 bridgehead atoms. The van der Waals surface area contributed by atoms with Gasteiger partial charge in [0.15, 0.2) is 0 Å². The zero-order valence-corrected chi connectivity index (χ0v) is 15.3. The molecule has 3 aromatic rings. The van der Waals surface area contributed by atoms with Gasteiger partial charge in [-0.05, 0) is 55.2 Å². The molecule has 134 valence electrons. The van der Waals surface area contributed by atoms with E-state index in [2.05, 4.69) is 22.8 Å². The number of amides is 1. The van der Waals surface area contributed by atoms with Gasteiger partial charge in [-0.2, -0.15) is 0 Å². The second kappa shape index (κ2) is 6.87. The Bertz CT molecular complexity index is 944. The number of benzene rings is 2. The molecule has 4 heteroatoms. The van der Waals surface area contributed by atoms with Gasteiger partial charge in [0.2, 0.25) is 0 Å². The second-order valence-electron chi connectivity index (χ2n) is 6.95. The number of hydrogen-bond donors (Lipinski definition) is 0. The molecule has 4 rings (SSSR count). The van der Waals surface area contributed by atoms with Crippen molar-refractivity contribution in [3.05, 3.63) is 65.9 Å². The van der Waals surface area contributed by atoms with Crippen LogP contribution in [0.5, 0.6) is 5.75 Å². The molecule has 1 amide bonds. The maximum absolute atomic E-state index is 13.4. The highest BCUT2D eigenvalue weighted by molar-refractivity contribution is 6.06. The lowest BCUT2D eigenvalue weighted by Crippen LogP contribution is -2.38. The third kappa shape index (κ3) is 2.85. The quantitative estimate of drug-likeness (QED) is 0.696. The topological polar surface area (TPSA) is 34.5 Å². The first-order valence-corrected chi connectivity index (χ1v) is 9.18. The number of aryl methyl sites for hydroxylation is 1. The van der Waals surface area contributed by atoms with Gasteiger partial charge in [0.25, 0.3) is 5.91 Å². The van der Waals surface area contributed by atoms with Gasteiger partial charge in [-0.15, -0.1) is 0 Å². The molecule has 26 heavy (non-hydrogen) atoms. The Morgan fingerprint density at radius 2 is 1.96 bits per heavy atom. The maximum atomic E-state index is 13.4. The van der Waals surface area contributed by atoms with Gasteiger partial charge < -0.3 is 14.2 Å². The number of fused-ring (bicyclic) bond motifs is 1. The minimum absolute atomic E-state index is 0.102. The van der Waals surface area contributed by atoms with E-state index in [9.17, 15) is 4.79 Å². The lowest BCUT2D eigenvalue weighted by Gasteiger charge is -2.36. The van der Waals surface area contributed by atoms with E-state index in [0.29, 0.717) is 0 Å². The number of piperidine rings is 1. The van der Waals surface area contributed by atoms with E-state index in [1.165, 1.54) is 0 Å². The third-order valence-corrected chi connectivity index (χ3v) is 5.40. The predicted octanol–water partition coefficient (Wildman–Crippen LogP) is 4.55. The summed E-state index contributed by atoms with van der Waals surface area (Å²) in [6, 6.07) is 16.2. The zero-order chi connectivity index (χ0) is 18.1. The van der Waals surface area contributed by atoms with Crippen molar-refractivity contribution in [3.8, 4) is 5.75 Å². The molecule has 0 N–H and O–H groups in total. The van der Waals surface area contributed by atoms with Gasteiger partial charge in [0, 0.05) is 36.3 Å². The summed E-state index contributed by atoms with van der Waals surface area (Å²) in [6.07, 6.45) is 5.19. The first-order chi connectivity index (χ1) is 12.7. The standard InChI is InChI=1S/C22H24N2O2/c1-23-14-12-18-19(9-6-11-21(18)23)22(25)24-13-4-3-10-20(24)16-7-5-8-17(15-16)26-2/h5-9,11-12,14-15,20H,3-4,10,13H2,1-2H3/t20-/m1/s1. The summed E-state index contributed by atoms with van der Waals surface area (Å²) in [5, 5.41) is 1.02. The van der Waals surface area contributed by atoms with Crippen molar-refractivity contribution in [1.29, 1.82) is 0 Å². The predicted molar refractivity (Wildman–Crippen MR) is 104 cm³/mol. The Labute approximate surface area is 154 Å². The van der Waals surface area contributed by atoms with Crippen LogP contribution >= 0.6 is 0 Å². The number of carbonyl (C=O) groups is 1. The number of ether oxygens (including phenoxy) is 1. The van der Waals surface area contributed by atoms with Crippen LogP contribution in [0.2, 0.25) is 0 Å². The molecule has 0 aliphatic carbocycles. The number of methoxy groups -OCH3 is 1. The summed E-state index contributed by atoms with van der Waals surface area (Å²) in [5.74, 6) is 0.958. The van der Waals surface area contributed by atoms with E-state index in [-0.39, 0.29) is 11.9 Å². The normalized spacial score (nSPS) is 17.5. The molecule has 2 heterocycles. The average Bonchev–Trinajstić information content (AvgIpc) is 3.08. The zero-order valence-electron chi connectivity index (χ0n) is 15.3. The fraction of sp³-hybridized carbons (Fsp3) is 0.318. The van der Waals surface area contributed by atoms with Crippen LogP contribution in [0.25, 0.3) is 10.9 Å². The number of nitrogens with zero attached hydrogens (tertiary/aromatic N) is 2. The number of carbonyl (C=O) groups excluding carboxylic acids is 1. The lowest BCUT2D eigenvalue weighted by molar-refractivity contribution is 0.0613. The van der Waals surface area contributed by atoms with Crippen LogP contribution in [-0.2, 0) is 7.05 Å². The smallest absolute Gasteiger partial charge is 0.255 e. The highest BCUT2D eigenvalue weighted by Gasteiger charge is 2.29. The van der Waals surface area contributed by atoms with Gasteiger partial charge in [-0.3, -0.25) is 4.79 Å². The Kier molecular flexibility index (Phi) is 4.41. The van der Waals surface area contributed by atoms with Crippen molar-refractivity contribution in [3.63, 3.8) is 0 Å². The Balaban J connectivity index is 1.72. The van der Waals surface area contributed by atoms with Gasteiger partial charge in [-0.25, -0.2) is 0 Å². The van der Waals surface area contributed by atoms with Gasteiger partial charge in [-0.1, -0.05) is 18.2 Å². The van der Waals surface area contributed by atoms with Gasteiger partial charge in [0.05, 0.1) is 13.2 Å². The molecular weight excluding hydrogens is 324 g/mol. The molecule has 2 aromatic carbocycles. The fourth-order valence-corrected chi connectivity index (χ4v) is 4.01. The van der Waals surface area contributed by atoms with Gasteiger partial charge >= 0.3 is 0 Å². The molecule has 0 unspecified atom stereocenters. The van der Waals surface area contributed by atoms with Crippen molar-refractivity contribution >= 4 is 16.8 Å². The largest absolute Gasteiger partial charge is 0.497 e. The van der Waals surface area contributed by atoms with Crippen molar-refractivity contribution in [2.75, 3.05) is 13.7 Å². The fourth-order valence-electron chi connectivity index (χ4n) is 4.01. The molecule has 0 saturated carbocycles. The Morgan fingerprint density at radius 1 is 1.12 bits per heavy atom. The van der Waals surface area contributed by atoms with E-state index in [4.69, 9.17) is 4.74 Å². The summed E-state index contributed by atoms with van der Waals surface area (Å²) in [7, 11) is 3.69. The monoisotopic (exact) mass is 348 g/mol. The van der Waals surface area contributed by atoms with Crippen LogP contribution in [0.3, 0.4) is 0 Å². The van der Waals surface area contributed by atoms with Crippen LogP contribution in [0.15, 0.2) is 54.7 Å². The summed E-state index contributed by atoms with van der Waals surface area (Å²) < 4.78 is 7.44. The van der Waals surface area contributed by atoms with Crippen LogP contribution in [-0.4, -0.2) is 29.0 Å². The van der Waals surface area contributed by atoms with Crippen molar-refractivity contribution in [2.24, 2.45) is 7.05 Å². The SMILES string of the molecule is COc1cccc([C@H]2CCCCN2C(=O)c2cccc3c2ccn3C)c1. The number of hydrogen-bond acceptors (Lipinski definition) is 2. The molecule has 1 atom stereocenters. The first-order valence-electron chi connectivity index (χ1n) is 9.18. The molecule has 0 spiro atoms. The molecule has 1 fully saturated rings. The van der Waals surface area contributed by atoms with E-state index in [0.717, 1.165) is 53.6 Å². The van der Waals surface area contributed by atoms with Crippen molar-refractivity contribution < 1.29 is 9.53 Å². The summed E-state index contributed by atoms with van der Waals surface area (Å²) in [6.45, 7) is 0.796. The molecule has 1 aliphatic rings. The first kappa shape index (κ1) is 16.7. The number of likely N-dealkylation sites (tertiary alicyclic amines) is 1. The molecule has 1 aromatic heterocycles. The second-order valence-corrected chi connectivity index (χ2v) is 6.95. The van der Waals surface area contributed by atoms with E-state index >= 15 is 0 Å². The van der Waals surface area contributed by atoms with Gasteiger partial charge in [0.1, 0.15) is 5.75 Å². The van der Waals surface area contributed by atoms with Crippen molar-refractivity contribution in [1.82, 2.24) is 9.47 Å². The van der Waals surface area contributed by atoms with E-state index in [1.807, 2.05) is 48.5 Å². The van der Waals surface area contributed by atoms with Crippen LogP contribution in [0.1, 0.15) is 41.2 Å². The summed E-state index contributed by atoms with van der Waals surface area (Å²) in [5.41, 5.74) is 3.03. The van der Waals surface area contributed by atoms with Crippen LogP contribution in [0, 0.1) is 0 Å². The number of rotatable bonds is 3. The minimum Gasteiger partial charge on any atom is -0.497 e. The number of aromatic nitrogens is 1. The molecular formula is C22H24N2O2. The highest BCUT2D eigenvalue weighted by Crippen LogP contribution is 2.34. The van der Waals surface area contributed by atoms with E-state index in [1.54, 1.807) is 7.11 Å². The molecule has 0 radical (unpaired) electrons. The molecule has 4 nitrogen and oxygen atoms in total. The molecule has 1 saturated heterocycles. The Morgan fingerprint density at radius 3 is 2.81 bits per heavy atom. The van der Waals surface area contributed by atoms with Crippen molar-refractivity contribution in [2.45, 2.75) is 25.3 Å². The maximum Gasteiger partial charge on any atom is 0.255 e. The highest BCUT2D eigenvalue weighted by atomic mass is 16.5. The van der Waals surface area contributed by atoms with E-state index < -0.39 is 0 Å². The average molecular weight is 348 g/mol. The minimum atomic E-state index is 0.102. The Hall–Kier alpha value is -2.75. The third-order valence-electron chi connectivity index (χ3n) is 5.40. The molecule has 1 aliphatic heterocycles. The lowest BCUT2D eigenvalue weighted by atomic mass is 9.94. The summed E-state index contributed by atoms with van der Waals surface area (Å²) >= 11 is 0. The van der Waals surface area contributed by atoms with Crippen LogP contribution in [0.4, 0.5) is 0 Å². The summed E-state index contributed by atoms with van der Waals surface area (Å²) in [4.78, 5) is 15.5.